The van der Waals surface area contributed by atoms with Gasteiger partial charge in [-0.2, -0.15) is 4.31 Å². The summed E-state index contributed by atoms with van der Waals surface area (Å²) in [6, 6.07) is 7.28. The van der Waals surface area contributed by atoms with E-state index < -0.39 is 10.0 Å². The number of hydrogen-bond donors (Lipinski definition) is 1. The highest BCUT2D eigenvalue weighted by atomic mass is 32.2. The molecule has 0 bridgehead atoms. The minimum absolute atomic E-state index is 0.139. The van der Waals surface area contributed by atoms with Crippen LogP contribution in [0.5, 0.6) is 0 Å². The molecule has 1 fully saturated rings. The molecule has 0 radical (unpaired) electrons. The van der Waals surface area contributed by atoms with Gasteiger partial charge < -0.3 is 5.73 Å². The smallest absolute Gasteiger partial charge is 0.243 e. The van der Waals surface area contributed by atoms with Crippen LogP contribution in [0.4, 0.5) is 0 Å². The fraction of sp³-hybridized carbons (Fsp3) is 0.571. The van der Waals surface area contributed by atoms with Crippen molar-refractivity contribution in [2.45, 2.75) is 35.6 Å². The van der Waals surface area contributed by atoms with Crippen LogP contribution in [0.1, 0.15) is 19.8 Å². The number of benzene rings is 1. The zero-order chi connectivity index (χ0) is 14.8. The van der Waals surface area contributed by atoms with Crippen molar-refractivity contribution in [3.63, 3.8) is 0 Å². The summed E-state index contributed by atoms with van der Waals surface area (Å²) in [4.78, 5) is 1.36. The summed E-state index contributed by atoms with van der Waals surface area (Å²) in [5.41, 5.74) is 5.90. The van der Waals surface area contributed by atoms with E-state index in [0.29, 0.717) is 23.9 Å². The number of sulfonamides is 1. The molecule has 0 aliphatic carbocycles. The maximum atomic E-state index is 12.6. The molecule has 1 atom stereocenters. The Morgan fingerprint density at radius 1 is 1.35 bits per heavy atom. The lowest BCUT2D eigenvalue weighted by Crippen LogP contribution is -2.42. The molecule has 2 N–H and O–H groups in total. The van der Waals surface area contributed by atoms with Crippen molar-refractivity contribution in [2.75, 3.05) is 19.3 Å². The highest BCUT2D eigenvalue weighted by Gasteiger charge is 2.30. The number of thioether (sulfide) groups is 1. The average molecular weight is 314 g/mol. The van der Waals surface area contributed by atoms with Crippen LogP contribution >= 0.6 is 11.8 Å². The highest BCUT2D eigenvalue weighted by Crippen LogP contribution is 2.26. The number of nitrogens with zero attached hydrogens (tertiary/aromatic N) is 1. The molecule has 1 saturated heterocycles. The van der Waals surface area contributed by atoms with Crippen LogP contribution < -0.4 is 5.73 Å². The molecule has 1 heterocycles. The van der Waals surface area contributed by atoms with Gasteiger partial charge in [-0.25, -0.2) is 8.42 Å². The van der Waals surface area contributed by atoms with E-state index in [1.54, 1.807) is 34.3 Å². The summed E-state index contributed by atoms with van der Waals surface area (Å²) in [6.45, 7) is 3.13. The van der Waals surface area contributed by atoms with E-state index in [0.717, 1.165) is 17.7 Å². The molecular weight excluding hydrogens is 292 g/mol. The summed E-state index contributed by atoms with van der Waals surface area (Å²) in [7, 11) is -3.36. The molecule has 112 valence electrons. The fourth-order valence-electron chi connectivity index (χ4n) is 2.55. The average Bonchev–Trinajstić information content (AvgIpc) is 2.47. The molecular formula is C14H22N2O2S2. The van der Waals surface area contributed by atoms with E-state index in [9.17, 15) is 8.42 Å². The summed E-state index contributed by atoms with van der Waals surface area (Å²) in [5, 5.41) is 0. The van der Waals surface area contributed by atoms with Crippen LogP contribution in [0.25, 0.3) is 0 Å². The van der Waals surface area contributed by atoms with Gasteiger partial charge in [0, 0.05) is 24.0 Å². The first-order chi connectivity index (χ1) is 9.45. The van der Waals surface area contributed by atoms with E-state index in [1.807, 2.05) is 19.2 Å². The number of rotatable bonds is 4. The minimum atomic E-state index is -3.36. The minimum Gasteiger partial charge on any atom is -0.328 e. The zero-order valence-electron chi connectivity index (χ0n) is 12.0. The quantitative estimate of drug-likeness (QED) is 0.865. The molecule has 1 unspecified atom stereocenters. The molecule has 0 amide bonds. The van der Waals surface area contributed by atoms with Crippen molar-refractivity contribution < 1.29 is 8.42 Å². The van der Waals surface area contributed by atoms with E-state index in [2.05, 4.69) is 0 Å². The lowest BCUT2D eigenvalue weighted by molar-refractivity contribution is 0.250. The third-order valence-electron chi connectivity index (χ3n) is 3.92. The molecule has 1 aliphatic heterocycles. The van der Waals surface area contributed by atoms with Gasteiger partial charge in [0.15, 0.2) is 0 Å². The standard InChI is InChI=1S/C14H22N2O2S2/c1-11(15)12-6-8-16(9-7-12)20(17,18)14-5-3-4-13(10-14)19-2/h3-5,10-12H,6-9,15H2,1-2H3. The van der Waals surface area contributed by atoms with Crippen molar-refractivity contribution in [3.8, 4) is 0 Å². The van der Waals surface area contributed by atoms with Gasteiger partial charge in [-0.05, 0) is 50.1 Å². The first kappa shape index (κ1) is 15.8. The molecule has 1 aromatic rings. The van der Waals surface area contributed by atoms with Gasteiger partial charge in [-0.1, -0.05) is 6.07 Å². The highest BCUT2D eigenvalue weighted by molar-refractivity contribution is 7.98. The van der Waals surface area contributed by atoms with Gasteiger partial charge in [0.1, 0.15) is 0 Å². The van der Waals surface area contributed by atoms with Crippen LogP contribution in [0, 0.1) is 5.92 Å². The van der Waals surface area contributed by atoms with Crippen molar-refractivity contribution in [1.29, 1.82) is 0 Å². The second-order valence-electron chi connectivity index (χ2n) is 5.28. The number of hydrogen-bond acceptors (Lipinski definition) is 4. The zero-order valence-corrected chi connectivity index (χ0v) is 13.6. The monoisotopic (exact) mass is 314 g/mol. The van der Waals surface area contributed by atoms with Crippen LogP contribution in [0.15, 0.2) is 34.1 Å². The van der Waals surface area contributed by atoms with E-state index in [4.69, 9.17) is 5.73 Å². The Labute approximate surface area is 125 Å². The molecule has 0 spiro atoms. The van der Waals surface area contributed by atoms with Gasteiger partial charge in [0.2, 0.25) is 10.0 Å². The summed E-state index contributed by atoms with van der Waals surface area (Å²) >= 11 is 1.55. The molecule has 1 aliphatic rings. The Balaban J connectivity index is 2.15. The largest absolute Gasteiger partial charge is 0.328 e. The SMILES string of the molecule is CSc1cccc(S(=O)(=O)N2CCC(C(C)N)CC2)c1. The molecule has 20 heavy (non-hydrogen) atoms. The van der Waals surface area contributed by atoms with Crippen molar-refractivity contribution in [1.82, 2.24) is 4.31 Å². The van der Waals surface area contributed by atoms with Gasteiger partial charge >= 0.3 is 0 Å². The third kappa shape index (κ3) is 3.36. The fourth-order valence-corrected chi connectivity index (χ4v) is 4.60. The second-order valence-corrected chi connectivity index (χ2v) is 8.10. The molecule has 0 saturated carbocycles. The molecule has 6 heteroatoms. The van der Waals surface area contributed by atoms with Crippen molar-refractivity contribution in [2.24, 2.45) is 11.7 Å². The van der Waals surface area contributed by atoms with Gasteiger partial charge in [0.05, 0.1) is 4.90 Å². The van der Waals surface area contributed by atoms with Crippen molar-refractivity contribution >= 4 is 21.8 Å². The Morgan fingerprint density at radius 2 is 2.00 bits per heavy atom. The first-order valence-electron chi connectivity index (χ1n) is 6.85. The lowest BCUT2D eigenvalue weighted by atomic mass is 9.92. The van der Waals surface area contributed by atoms with E-state index in [1.165, 1.54) is 0 Å². The summed E-state index contributed by atoms with van der Waals surface area (Å²) < 4.78 is 26.8. The lowest BCUT2D eigenvalue weighted by Gasteiger charge is -2.33. The van der Waals surface area contributed by atoms with E-state index >= 15 is 0 Å². The van der Waals surface area contributed by atoms with Crippen LogP contribution in [-0.4, -0.2) is 38.1 Å². The van der Waals surface area contributed by atoms with Crippen LogP contribution in [-0.2, 0) is 10.0 Å². The predicted octanol–water partition coefficient (Wildman–Crippen LogP) is 2.16. The molecule has 1 aromatic carbocycles. The van der Waals surface area contributed by atoms with Gasteiger partial charge in [0.25, 0.3) is 0 Å². The van der Waals surface area contributed by atoms with Gasteiger partial charge in [-0.3, -0.25) is 0 Å². The normalized spacial score (nSPS) is 19.9. The summed E-state index contributed by atoms with van der Waals surface area (Å²) in [6.07, 6.45) is 3.64. The topological polar surface area (TPSA) is 63.4 Å². The second kappa shape index (κ2) is 6.47. The Bertz CT molecular complexity index is 550. The molecule has 4 nitrogen and oxygen atoms in total. The maximum absolute atomic E-state index is 12.6. The molecule has 2 rings (SSSR count). The Morgan fingerprint density at radius 3 is 2.55 bits per heavy atom. The third-order valence-corrected chi connectivity index (χ3v) is 6.54. The van der Waals surface area contributed by atoms with Crippen LogP contribution in [0.3, 0.4) is 0 Å². The maximum Gasteiger partial charge on any atom is 0.243 e. The Hall–Kier alpha value is -0.560. The molecule has 0 aromatic heterocycles. The van der Waals surface area contributed by atoms with Gasteiger partial charge in [-0.15, -0.1) is 11.8 Å². The first-order valence-corrected chi connectivity index (χ1v) is 9.51. The number of piperidine rings is 1. The van der Waals surface area contributed by atoms with Crippen LogP contribution in [0.2, 0.25) is 0 Å². The van der Waals surface area contributed by atoms with E-state index in [-0.39, 0.29) is 6.04 Å². The van der Waals surface area contributed by atoms with Crippen molar-refractivity contribution in [3.05, 3.63) is 24.3 Å². The Kier molecular flexibility index (Phi) is 5.12. The predicted molar refractivity (Wildman–Crippen MR) is 83.4 cm³/mol. The summed E-state index contributed by atoms with van der Waals surface area (Å²) in [5.74, 6) is 0.430. The number of nitrogens with two attached hydrogens (primary N) is 1.